The van der Waals surface area contributed by atoms with Crippen molar-refractivity contribution in [2.45, 2.75) is 46.6 Å². The van der Waals surface area contributed by atoms with Gasteiger partial charge in [0.15, 0.2) is 0 Å². The van der Waals surface area contributed by atoms with Crippen LogP contribution >= 0.6 is 0 Å². The summed E-state index contributed by atoms with van der Waals surface area (Å²) in [5.41, 5.74) is 3.21. The van der Waals surface area contributed by atoms with Crippen LogP contribution in [0.15, 0.2) is 36.5 Å². The van der Waals surface area contributed by atoms with Gasteiger partial charge < -0.3 is 10.2 Å². The molecule has 3 rings (SSSR count). The molecule has 6 heteroatoms. The summed E-state index contributed by atoms with van der Waals surface area (Å²) in [4.78, 5) is 34.1. The molecule has 0 aliphatic carbocycles. The molecule has 1 N–H and O–H groups in total. The summed E-state index contributed by atoms with van der Waals surface area (Å²) in [6.45, 7) is 9.71. The lowest BCUT2D eigenvalue weighted by Crippen LogP contribution is -2.43. The summed E-state index contributed by atoms with van der Waals surface area (Å²) in [6, 6.07) is 9.64. The Labute approximate surface area is 172 Å². The number of rotatable bonds is 6. The fourth-order valence-electron chi connectivity index (χ4n) is 3.59. The van der Waals surface area contributed by atoms with Crippen LogP contribution in [-0.2, 0) is 4.79 Å². The maximum atomic E-state index is 13.4. The summed E-state index contributed by atoms with van der Waals surface area (Å²) >= 11 is 0. The molecule has 2 heterocycles. The van der Waals surface area contributed by atoms with Gasteiger partial charge in [0.1, 0.15) is 12.4 Å². The number of amides is 2. The summed E-state index contributed by atoms with van der Waals surface area (Å²) in [5, 5.41) is 2.87. The van der Waals surface area contributed by atoms with Gasteiger partial charge >= 0.3 is 0 Å². The molecule has 1 fully saturated rings. The Bertz CT molecular complexity index is 871. The molecule has 0 bridgehead atoms. The van der Waals surface area contributed by atoms with Gasteiger partial charge in [0.05, 0.1) is 5.56 Å². The maximum Gasteiger partial charge on any atom is 0.260 e. The molecule has 1 aliphatic heterocycles. The Balaban J connectivity index is 1.88. The molecule has 0 atom stereocenters. The van der Waals surface area contributed by atoms with E-state index in [9.17, 15) is 9.59 Å². The van der Waals surface area contributed by atoms with Crippen molar-refractivity contribution >= 4 is 23.3 Å². The van der Waals surface area contributed by atoms with Gasteiger partial charge in [0.25, 0.3) is 5.91 Å². The number of hydrogen-bond acceptors (Lipinski definition) is 4. The summed E-state index contributed by atoms with van der Waals surface area (Å²) in [7, 11) is 0. The second kappa shape index (κ2) is 9.07. The smallest absolute Gasteiger partial charge is 0.260 e. The standard InChI is InChI=1S/C23H30N4O2/c1-16(2)25-22(28)15-27(20-13-17(3)7-8-18(20)4)23(29)19-9-10-21(24-14-19)26-11-5-6-12-26/h7-10,13-14,16H,5-6,11-12,15H2,1-4H3,(H,25,28). The zero-order chi connectivity index (χ0) is 21.0. The second-order valence-corrected chi connectivity index (χ2v) is 8.00. The van der Waals surface area contributed by atoms with E-state index >= 15 is 0 Å². The van der Waals surface area contributed by atoms with Crippen LogP contribution in [0, 0.1) is 13.8 Å². The highest BCUT2D eigenvalue weighted by atomic mass is 16.2. The molecule has 1 aliphatic rings. The van der Waals surface area contributed by atoms with Gasteiger partial charge in [-0.25, -0.2) is 4.98 Å². The molecular weight excluding hydrogens is 364 g/mol. The SMILES string of the molecule is Cc1ccc(C)c(N(CC(=O)NC(C)C)C(=O)c2ccc(N3CCCC3)nc2)c1. The third kappa shape index (κ3) is 5.13. The van der Waals surface area contributed by atoms with Crippen LogP contribution in [0.1, 0.15) is 48.2 Å². The van der Waals surface area contributed by atoms with Crippen molar-refractivity contribution in [3.63, 3.8) is 0 Å². The number of anilines is 2. The topological polar surface area (TPSA) is 65.5 Å². The first-order chi connectivity index (χ1) is 13.8. The minimum atomic E-state index is -0.224. The molecule has 0 unspecified atom stereocenters. The van der Waals surface area contributed by atoms with Crippen molar-refractivity contribution in [1.82, 2.24) is 10.3 Å². The molecule has 0 saturated carbocycles. The van der Waals surface area contributed by atoms with Crippen molar-refractivity contribution in [2.24, 2.45) is 0 Å². The first-order valence-electron chi connectivity index (χ1n) is 10.2. The number of pyridine rings is 1. The lowest BCUT2D eigenvalue weighted by atomic mass is 10.1. The summed E-state index contributed by atoms with van der Waals surface area (Å²) in [6.07, 6.45) is 3.97. The van der Waals surface area contributed by atoms with E-state index in [0.717, 1.165) is 35.7 Å². The predicted molar refractivity (Wildman–Crippen MR) is 117 cm³/mol. The fraction of sp³-hybridized carbons (Fsp3) is 0.435. The highest BCUT2D eigenvalue weighted by Gasteiger charge is 2.23. The zero-order valence-corrected chi connectivity index (χ0v) is 17.7. The van der Waals surface area contributed by atoms with E-state index < -0.39 is 0 Å². The molecule has 154 valence electrons. The summed E-state index contributed by atoms with van der Waals surface area (Å²) in [5.74, 6) is 0.490. The van der Waals surface area contributed by atoms with Gasteiger partial charge in [-0.15, -0.1) is 0 Å². The van der Waals surface area contributed by atoms with Crippen molar-refractivity contribution in [3.05, 3.63) is 53.2 Å². The van der Waals surface area contributed by atoms with E-state index in [1.165, 1.54) is 12.8 Å². The highest BCUT2D eigenvalue weighted by molar-refractivity contribution is 6.09. The van der Waals surface area contributed by atoms with Crippen LogP contribution < -0.4 is 15.1 Å². The van der Waals surface area contributed by atoms with E-state index in [1.807, 2.05) is 58.0 Å². The number of nitrogens with zero attached hydrogens (tertiary/aromatic N) is 3. The minimum absolute atomic E-state index is 0.0134. The lowest BCUT2D eigenvalue weighted by molar-refractivity contribution is -0.120. The number of carbonyl (C=O) groups excluding carboxylic acids is 2. The fourth-order valence-corrected chi connectivity index (χ4v) is 3.59. The monoisotopic (exact) mass is 394 g/mol. The van der Waals surface area contributed by atoms with Gasteiger partial charge in [0, 0.05) is 31.0 Å². The van der Waals surface area contributed by atoms with Crippen LogP contribution in [0.4, 0.5) is 11.5 Å². The van der Waals surface area contributed by atoms with E-state index in [1.54, 1.807) is 11.1 Å². The number of nitrogens with one attached hydrogen (secondary N) is 1. The molecule has 1 aromatic heterocycles. The molecular formula is C23H30N4O2. The van der Waals surface area contributed by atoms with Gasteiger partial charge in [0.2, 0.25) is 5.91 Å². The Morgan fingerprint density at radius 3 is 2.48 bits per heavy atom. The predicted octanol–water partition coefficient (Wildman–Crippen LogP) is 3.47. The maximum absolute atomic E-state index is 13.4. The summed E-state index contributed by atoms with van der Waals surface area (Å²) < 4.78 is 0. The molecule has 1 saturated heterocycles. The molecule has 2 amide bonds. The molecule has 2 aromatic rings. The van der Waals surface area contributed by atoms with Gasteiger partial charge in [-0.05, 0) is 69.9 Å². The van der Waals surface area contributed by atoms with Crippen molar-refractivity contribution < 1.29 is 9.59 Å². The Morgan fingerprint density at radius 1 is 1.14 bits per heavy atom. The van der Waals surface area contributed by atoms with Crippen LogP contribution in [0.3, 0.4) is 0 Å². The van der Waals surface area contributed by atoms with Crippen molar-refractivity contribution in [1.29, 1.82) is 0 Å². The van der Waals surface area contributed by atoms with Gasteiger partial charge in [-0.3, -0.25) is 14.5 Å². The van der Waals surface area contributed by atoms with Crippen LogP contribution in [0.25, 0.3) is 0 Å². The third-order valence-corrected chi connectivity index (χ3v) is 5.08. The Morgan fingerprint density at radius 2 is 1.86 bits per heavy atom. The normalized spacial score (nSPS) is 13.6. The number of carbonyl (C=O) groups is 2. The Kier molecular flexibility index (Phi) is 6.52. The first kappa shape index (κ1) is 20.8. The largest absolute Gasteiger partial charge is 0.357 e. The number of aryl methyl sites for hydroxylation is 2. The average Bonchev–Trinajstić information content (AvgIpc) is 3.22. The number of aromatic nitrogens is 1. The van der Waals surface area contributed by atoms with Crippen molar-refractivity contribution in [2.75, 3.05) is 29.4 Å². The van der Waals surface area contributed by atoms with Crippen LogP contribution in [0.2, 0.25) is 0 Å². The quantitative estimate of drug-likeness (QED) is 0.815. The van der Waals surface area contributed by atoms with E-state index in [2.05, 4.69) is 15.2 Å². The molecule has 1 aromatic carbocycles. The lowest BCUT2D eigenvalue weighted by Gasteiger charge is -2.25. The van der Waals surface area contributed by atoms with Crippen LogP contribution in [-0.4, -0.2) is 42.5 Å². The van der Waals surface area contributed by atoms with E-state index in [-0.39, 0.29) is 24.4 Å². The zero-order valence-electron chi connectivity index (χ0n) is 17.7. The highest BCUT2D eigenvalue weighted by Crippen LogP contribution is 2.24. The average molecular weight is 395 g/mol. The second-order valence-electron chi connectivity index (χ2n) is 8.00. The van der Waals surface area contributed by atoms with E-state index in [0.29, 0.717) is 5.56 Å². The minimum Gasteiger partial charge on any atom is -0.357 e. The Hall–Kier alpha value is -2.89. The molecule has 0 spiro atoms. The van der Waals surface area contributed by atoms with E-state index in [4.69, 9.17) is 0 Å². The van der Waals surface area contributed by atoms with Crippen LogP contribution in [0.5, 0.6) is 0 Å². The van der Waals surface area contributed by atoms with Gasteiger partial charge in [-0.2, -0.15) is 0 Å². The first-order valence-corrected chi connectivity index (χ1v) is 10.2. The number of hydrogen-bond donors (Lipinski definition) is 1. The molecule has 6 nitrogen and oxygen atoms in total. The molecule has 29 heavy (non-hydrogen) atoms. The third-order valence-electron chi connectivity index (χ3n) is 5.08. The molecule has 0 radical (unpaired) electrons. The van der Waals surface area contributed by atoms with Crippen molar-refractivity contribution in [3.8, 4) is 0 Å². The van der Waals surface area contributed by atoms with Gasteiger partial charge in [-0.1, -0.05) is 12.1 Å². The number of benzene rings is 1.